The molecule has 1 saturated carbocycles. The first-order chi connectivity index (χ1) is 9.81. The topological polar surface area (TPSA) is 30.5 Å². The minimum absolute atomic E-state index is 0.242. The van der Waals surface area contributed by atoms with Crippen molar-refractivity contribution in [1.29, 1.82) is 0 Å². The molecule has 0 bridgehead atoms. The van der Waals surface area contributed by atoms with Crippen LogP contribution in [0.25, 0.3) is 0 Å². The second-order valence-corrected chi connectivity index (χ2v) is 7.11. The lowest BCUT2D eigenvalue weighted by Gasteiger charge is -2.42. The average molecular weight is 281 g/mol. The van der Waals surface area contributed by atoms with Crippen molar-refractivity contribution in [3.63, 3.8) is 0 Å². The molecular formula is C17H31NO2. The maximum Gasteiger partial charge on any atom is 0.0685 e. The van der Waals surface area contributed by atoms with Gasteiger partial charge in [-0.2, -0.15) is 0 Å². The molecule has 0 aromatic carbocycles. The zero-order valence-electron chi connectivity index (χ0n) is 13.0. The monoisotopic (exact) mass is 281 g/mol. The standard InChI is InChI=1S/C17H31NO2/c1-18-16(12-15-6-2-5-10-19-15)14-7-11-20-17(13-14)8-3-4-9-17/h14-16,18H,2-13H2,1H3. The van der Waals surface area contributed by atoms with Crippen LogP contribution in [-0.2, 0) is 9.47 Å². The van der Waals surface area contributed by atoms with Gasteiger partial charge in [0.25, 0.3) is 0 Å². The van der Waals surface area contributed by atoms with E-state index in [0.29, 0.717) is 12.1 Å². The number of hydrogen-bond donors (Lipinski definition) is 1. The predicted molar refractivity (Wildman–Crippen MR) is 80.9 cm³/mol. The van der Waals surface area contributed by atoms with E-state index in [4.69, 9.17) is 9.47 Å². The third-order valence-corrected chi connectivity index (χ3v) is 5.78. The van der Waals surface area contributed by atoms with E-state index >= 15 is 0 Å². The van der Waals surface area contributed by atoms with Gasteiger partial charge in [-0.1, -0.05) is 12.8 Å². The van der Waals surface area contributed by atoms with Gasteiger partial charge >= 0.3 is 0 Å². The Morgan fingerprint density at radius 2 is 1.95 bits per heavy atom. The van der Waals surface area contributed by atoms with Crippen molar-refractivity contribution in [2.45, 2.75) is 82.0 Å². The summed E-state index contributed by atoms with van der Waals surface area (Å²) in [6.45, 7) is 1.94. The van der Waals surface area contributed by atoms with Crippen molar-refractivity contribution in [3.8, 4) is 0 Å². The van der Waals surface area contributed by atoms with Crippen LogP contribution in [0, 0.1) is 5.92 Å². The van der Waals surface area contributed by atoms with Crippen LogP contribution in [0.5, 0.6) is 0 Å². The van der Waals surface area contributed by atoms with Crippen molar-refractivity contribution in [3.05, 3.63) is 0 Å². The van der Waals surface area contributed by atoms with Crippen molar-refractivity contribution in [1.82, 2.24) is 5.32 Å². The smallest absolute Gasteiger partial charge is 0.0685 e. The van der Waals surface area contributed by atoms with Gasteiger partial charge < -0.3 is 14.8 Å². The van der Waals surface area contributed by atoms with Crippen molar-refractivity contribution in [2.75, 3.05) is 20.3 Å². The van der Waals surface area contributed by atoms with Crippen molar-refractivity contribution < 1.29 is 9.47 Å². The predicted octanol–water partition coefficient (Wildman–Crippen LogP) is 3.27. The zero-order valence-corrected chi connectivity index (χ0v) is 13.0. The molecule has 3 fully saturated rings. The highest BCUT2D eigenvalue weighted by Gasteiger charge is 2.42. The average Bonchev–Trinajstić information content (AvgIpc) is 2.93. The lowest BCUT2D eigenvalue weighted by Crippen LogP contribution is -2.46. The summed E-state index contributed by atoms with van der Waals surface area (Å²) in [6.07, 6.45) is 13.3. The third kappa shape index (κ3) is 3.37. The molecule has 3 rings (SSSR count). The van der Waals surface area contributed by atoms with Crippen LogP contribution in [-0.4, -0.2) is 38.0 Å². The first-order valence-corrected chi connectivity index (χ1v) is 8.74. The second kappa shape index (κ2) is 6.76. The summed E-state index contributed by atoms with van der Waals surface area (Å²) in [5.41, 5.74) is 0.242. The van der Waals surface area contributed by atoms with Gasteiger partial charge in [0.15, 0.2) is 0 Å². The molecule has 1 N–H and O–H groups in total. The number of nitrogens with one attached hydrogen (secondary N) is 1. The van der Waals surface area contributed by atoms with Gasteiger partial charge in [-0.15, -0.1) is 0 Å². The molecule has 2 aliphatic heterocycles. The van der Waals surface area contributed by atoms with Crippen LogP contribution in [0.2, 0.25) is 0 Å². The van der Waals surface area contributed by atoms with Gasteiger partial charge in [-0.25, -0.2) is 0 Å². The Hall–Kier alpha value is -0.120. The summed E-state index contributed by atoms with van der Waals surface area (Å²) in [7, 11) is 2.13. The largest absolute Gasteiger partial charge is 0.378 e. The number of ether oxygens (including phenoxy) is 2. The Labute approximate surface area is 123 Å². The number of rotatable bonds is 4. The van der Waals surface area contributed by atoms with Gasteiger partial charge in [-0.05, 0) is 64.3 Å². The first-order valence-electron chi connectivity index (χ1n) is 8.74. The molecule has 3 nitrogen and oxygen atoms in total. The van der Waals surface area contributed by atoms with E-state index < -0.39 is 0 Å². The Kier molecular flexibility index (Phi) is 5.00. The summed E-state index contributed by atoms with van der Waals surface area (Å²) in [5.74, 6) is 0.775. The van der Waals surface area contributed by atoms with E-state index in [1.807, 2.05) is 0 Å². The van der Waals surface area contributed by atoms with Gasteiger partial charge in [0.05, 0.1) is 11.7 Å². The Morgan fingerprint density at radius 3 is 2.65 bits per heavy atom. The van der Waals surface area contributed by atoms with Crippen LogP contribution in [0.3, 0.4) is 0 Å². The molecule has 20 heavy (non-hydrogen) atoms. The van der Waals surface area contributed by atoms with Gasteiger partial charge in [-0.3, -0.25) is 0 Å². The molecule has 3 aliphatic rings. The minimum atomic E-state index is 0.242. The molecule has 2 heterocycles. The van der Waals surface area contributed by atoms with Crippen LogP contribution >= 0.6 is 0 Å². The Morgan fingerprint density at radius 1 is 1.10 bits per heavy atom. The van der Waals surface area contributed by atoms with E-state index in [-0.39, 0.29) is 5.60 Å². The lowest BCUT2D eigenvalue weighted by molar-refractivity contribution is -0.101. The van der Waals surface area contributed by atoms with Crippen LogP contribution in [0.15, 0.2) is 0 Å². The fourth-order valence-corrected chi connectivity index (χ4v) is 4.60. The molecule has 3 heteroatoms. The molecule has 0 aromatic heterocycles. The van der Waals surface area contributed by atoms with Gasteiger partial charge in [0.1, 0.15) is 0 Å². The van der Waals surface area contributed by atoms with E-state index in [0.717, 1.165) is 19.1 Å². The van der Waals surface area contributed by atoms with Gasteiger partial charge in [0.2, 0.25) is 0 Å². The lowest BCUT2D eigenvalue weighted by atomic mass is 9.78. The second-order valence-electron chi connectivity index (χ2n) is 7.11. The highest BCUT2D eigenvalue weighted by Crippen LogP contribution is 2.43. The molecule has 1 spiro atoms. The quantitative estimate of drug-likeness (QED) is 0.858. The van der Waals surface area contributed by atoms with Gasteiger partial charge in [0, 0.05) is 19.3 Å². The van der Waals surface area contributed by atoms with E-state index in [1.165, 1.54) is 64.2 Å². The van der Waals surface area contributed by atoms with Crippen molar-refractivity contribution in [2.24, 2.45) is 5.92 Å². The summed E-state index contributed by atoms with van der Waals surface area (Å²) >= 11 is 0. The molecule has 0 aromatic rings. The van der Waals surface area contributed by atoms with E-state index in [1.54, 1.807) is 0 Å². The minimum Gasteiger partial charge on any atom is -0.378 e. The molecule has 0 amide bonds. The molecular weight excluding hydrogens is 250 g/mol. The van der Waals surface area contributed by atoms with Crippen LogP contribution in [0.1, 0.15) is 64.2 Å². The maximum absolute atomic E-state index is 6.18. The van der Waals surface area contributed by atoms with Crippen LogP contribution in [0.4, 0.5) is 0 Å². The summed E-state index contributed by atoms with van der Waals surface area (Å²) in [6, 6.07) is 0.611. The molecule has 3 unspecified atom stereocenters. The fraction of sp³-hybridized carbons (Fsp3) is 1.00. The third-order valence-electron chi connectivity index (χ3n) is 5.78. The van der Waals surface area contributed by atoms with Crippen molar-refractivity contribution >= 4 is 0 Å². The molecule has 0 radical (unpaired) electrons. The summed E-state index contributed by atoms with van der Waals surface area (Å²) < 4.78 is 12.1. The molecule has 116 valence electrons. The highest BCUT2D eigenvalue weighted by atomic mass is 16.5. The van der Waals surface area contributed by atoms with E-state index in [9.17, 15) is 0 Å². The molecule has 3 atom stereocenters. The maximum atomic E-state index is 6.18. The normalized spacial score (nSPS) is 35.2. The fourth-order valence-electron chi connectivity index (χ4n) is 4.60. The highest BCUT2D eigenvalue weighted by molar-refractivity contribution is 4.94. The first kappa shape index (κ1) is 14.8. The molecule has 2 saturated heterocycles. The Bertz CT molecular complexity index is 295. The summed E-state index contributed by atoms with van der Waals surface area (Å²) in [5, 5.41) is 3.59. The summed E-state index contributed by atoms with van der Waals surface area (Å²) in [4.78, 5) is 0. The van der Waals surface area contributed by atoms with E-state index in [2.05, 4.69) is 12.4 Å². The SMILES string of the molecule is CNC(CC1CCCCO1)C1CCOC2(CCCC2)C1. The molecule has 1 aliphatic carbocycles. The number of hydrogen-bond acceptors (Lipinski definition) is 3. The Balaban J connectivity index is 1.57. The van der Waals surface area contributed by atoms with Crippen LogP contribution < -0.4 is 5.32 Å². The zero-order chi connectivity index (χ0) is 13.8.